The summed E-state index contributed by atoms with van der Waals surface area (Å²) in [5, 5.41) is 7.68. The van der Waals surface area contributed by atoms with Crippen LogP contribution in [-0.2, 0) is 19.6 Å². The summed E-state index contributed by atoms with van der Waals surface area (Å²) in [5.74, 6) is -0.699. The Morgan fingerprint density at radius 1 is 0.944 bits per heavy atom. The van der Waals surface area contributed by atoms with Gasteiger partial charge in [0.1, 0.15) is 6.04 Å². The van der Waals surface area contributed by atoms with Gasteiger partial charge < -0.3 is 15.5 Å². The van der Waals surface area contributed by atoms with Gasteiger partial charge in [-0.25, -0.2) is 13.1 Å². The third-order valence-electron chi connectivity index (χ3n) is 6.20. The molecule has 0 bridgehead atoms. The largest absolute Gasteiger partial charge is 0.385 e. The smallest absolute Gasteiger partial charge is 0.245 e. The Balaban J connectivity index is 1.37. The first-order valence-corrected chi connectivity index (χ1v) is 13.6. The summed E-state index contributed by atoms with van der Waals surface area (Å²) in [5.41, 5.74) is 0.864. The first kappa shape index (κ1) is 25.6. The molecule has 36 heavy (non-hydrogen) atoms. The number of carbonyl (C=O) groups excluding carboxylic acids is 2. The zero-order valence-electron chi connectivity index (χ0n) is 20.0. The van der Waals surface area contributed by atoms with Crippen molar-refractivity contribution in [3.63, 3.8) is 0 Å². The summed E-state index contributed by atoms with van der Waals surface area (Å²) < 4.78 is 27.9. The van der Waals surface area contributed by atoms with Gasteiger partial charge in [-0.1, -0.05) is 30.3 Å². The van der Waals surface area contributed by atoms with Crippen LogP contribution >= 0.6 is 0 Å². The molecule has 3 N–H and O–H groups in total. The third kappa shape index (κ3) is 6.79. The molecule has 2 amide bonds. The molecule has 2 heterocycles. The van der Waals surface area contributed by atoms with E-state index in [0.29, 0.717) is 26.1 Å². The van der Waals surface area contributed by atoms with E-state index in [-0.39, 0.29) is 10.8 Å². The number of nitrogens with zero attached hydrogens (tertiary/aromatic N) is 2. The van der Waals surface area contributed by atoms with E-state index in [1.165, 1.54) is 6.07 Å². The van der Waals surface area contributed by atoms with Crippen LogP contribution in [0.25, 0.3) is 10.8 Å². The van der Waals surface area contributed by atoms with Gasteiger partial charge in [-0.3, -0.25) is 14.6 Å². The number of carbonyl (C=O) groups is 2. The monoisotopic (exact) mass is 509 g/mol. The predicted octanol–water partition coefficient (Wildman–Crippen LogP) is 2.51. The molecule has 4 rings (SSSR count). The fourth-order valence-corrected chi connectivity index (χ4v) is 5.26. The number of nitrogens with one attached hydrogen (secondary N) is 3. The second kappa shape index (κ2) is 12.0. The maximum Gasteiger partial charge on any atom is 0.245 e. The number of hydrogen-bond donors (Lipinski definition) is 3. The zero-order valence-corrected chi connectivity index (χ0v) is 20.8. The highest BCUT2D eigenvalue weighted by molar-refractivity contribution is 7.89. The third-order valence-corrected chi connectivity index (χ3v) is 7.60. The van der Waals surface area contributed by atoms with E-state index in [1.807, 2.05) is 36.4 Å². The topological polar surface area (TPSA) is 120 Å². The number of sulfonamides is 1. The summed E-state index contributed by atoms with van der Waals surface area (Å²) in [4.78, 5) is 31.7. The highest BCUT2D eigenvalue weighted by atomic mass is 32.2. The van der Waals surface area contributed by atoms with E-state index in [1.54, 1.807) is 29.4 Å². The van der Waals surface area contributed by atoms with Gasteiger partial charge >= 0.3 is 0 Å². The summed E-state index contributed by atoms with van der Waals surface area (Å²) in [6, 6.07) is 15.1. The maximum atomic E-state index is 13.2. The molecule has 3 aromatic rings. The van der Waals surface area contributed by atoms with Crippen molar-refractivity contribution >= 4 is 38.3 Å². The Bertz CT molecular complexity index is 1290. The lowest BCUT2D eigenvalue weighted by molar-refractivity contribution is -0.137. The van der Waals surface area contributed by atoms with Gasteiger partial charge in [-0.05, 0) is 60.7 Å². The minimum absolute atomic E-state index is 0.0801. The van der Waals surface area contributed by atoms with Crippen molar-refractivity contribution < 1.29 is 18.0 Å². The summed E-state index contributed by atoms with van der Waals surface area (Å²) in [7, 11) is -3.90. The average Bonchev–Trinajstić information content (AvgIpc) is 2.92. The van der Waals surface area contributed by atoms with E-state index < -0.39 is 28.5 Å². The van der Waals surface area contributed by atoms with Crippen LogP contribution in [0.4, 0.5) is 5.69 Å². The van der Waals surface area contributed by atoms with Crippen LogP contribution in [0, 0.1) is 0 Å². The molecule has 10 heteroatoms. The van der Waals surface area contributed by atoms with Gasteiger partial charge in [0.05, 0.1) is 11.4 Å². The molecule has 1 fully saturated rings. The van der Waals surface area contributed by atoms with Gasteiger partial charge in [-0.2, -0.15) is 0 Å². The van der Waals surface area contributed by atoms with E-state index in [9.17, 15) is 18.0 Å². The van der Waals surface area contributed by atoms with Gasteiger partial charge in [0.15, 0.2) is 0 Å². The van der Waals surface area contributed by atoms with E-state index in [0.717, 1.165) is 35.7 Å². The van der Waals surface area contributed by atoms with Crippen molar-refractivity contribution in [1.82, 2.24) is 19.9 Å². The second-order valence-electron chi connectivity index (χ2n) is 8.79. The minimum atomic E-state index is -3.90. The number of piperidine rings is 1. The molecule has 1 aliphatic rings. The average molecular weight is 510 g/mol. The van der Waals surface area contributed by atoms with Gasteiger partial charge in [-0.15, -0.1) is 0 Å². The first-order chi connectivity index (χ1) is 17.4. The Morgan fingerprint density at radius 2 is 1.67 bits per heavy atom. The molecule has 1 atom stereocenters. The molecule has 1 aromatic heterocycles. The summed E-state index contributed by atoms with van der Waals surface area (Å²) in [6.45, 7) is 1.32. The molecule has 0 saturated carbocycles. The molecule has 0 radical (unpaired) electrons. The van der Waals surface area contributed by atoms with Crippen LogP contribution in [0.1, 0.15) is 25.7 Å². The number of amides is 2. The lowest BCUT2D eigenvalue weighted by Crippen LogP contribution is -2.52. The molecule has 2 aromatic carbocycles. The number of likely N-dealkylation sites (tertiary alicyclic amines) is 1. The predicted molar refractivity (Wildman–Crippen MR) is 139 cm³/mol. The number of pyridine rings is 1. The van der Waals surface area contributed by atoms with Gasteiger partial charge in [0.2, 0.25) is 21.8 Å². The fourth-order valence-electron chi connectivity index (χ4n) is 4.25. The Kier molecular flexibility index (Phi) is 8.50. The molecule has 0 spiro atoms. The lowest BCUT2D eigenvalue weighted by atomic mass is 10.1. The van der Waals surface area contributed by atoms with E-state index in [2.05, 4.69) is 20.3 Å². The Labute approximate surface area is 211 Å². The minimum Gasteiger partial charge on any atom is -0.385 e. The van der Waals surface area contributed by atoms with Crippen LogP contribution in [0.5, 0.6) is 0 Å². The summed E-state index contributed by atoms with van der Waals surface area (Å²) in [6.07, 6.45) is 6.66. The number of anilines is 1. The van der Waals surface area contributed by atoms with Crippen molar-refractivity contribution in [2.24, 2.45) is 0 Å². The van der Waals surface area contributed by atoms with Gasteiger partial charge in [0.25, 0.3) is 0 Å². The van der Waals surface area contributed by atoms with Gasteiger partial charge in [0, 0.05) is 37.7 Å². The molecule has 9 nitrogen and oxygen atoms in total. The molecular formula is C26H31N5O4S. The van der Waals surface area contributed by atoms with Crippen molar-refractivity contribution in [3.05, 3.63) is 67.0 Å². The molecule has 1 aliphatic heterocycles. The SMILES string of the molecule is O=C(CNS(=O)(=O)c1ccc2ccccc2c1)NC(CCNc1ccncc1)C(=O)N1CCCCC1. The number of benzene rings is 2. The van der Waals surface area contributed by atoms with Crippen LogP contribution in [-0.4, -0.2) is 62.3 Å². The van der Waals surface area contributed by atoms with Crippen molar-refractivity contribution in [2.45, 2.75) is 36.6 Å². The Hall–Kier alpha value is -3.50. The van der Waals surface area contributed by atoms with Crippen LogP contribution < -0.4 is 15.4 Å². The standard InChI is InChI=1S/C26H31N5O4S/c32-25(19-29-36(34,35)23-9-8-20-6-2-3-7-21(20)18-23)30-24(26(33)31-16-4-1-5-17-31)12-15-28-22-10-13-27-14-11-22/h2-3,6-11,13-14,18,24,29H,1,4-5,12,15-17,19H2,(H,27,28)(H,30,32). The molecule has 1 unspecified atom stereocenters. The van der Waals surface area contributed by atoms with Crippen LogP contribution in [0.3, 0.4) is 0 Å². The first-order valence-electron chi connectivity index (χ1n) is 12.1. The van der Waals surface area contributed by atoms with Crippen LogP contribution in [0.2, 0.25) is 0 Å². The Morgan fingerprint density at radius 3 is 2.42 bits per heavy atom. The molecular weight excluding hydrogens is 478 g/mol. The number of fused-ring (bicyclic) bond motifs is 1. The normalized spacial score (nSPS) is 14.8. The highest BCUT2D eigenvalue weighted by Gasteiger charge is 2.27. The van der Waals surface area contributed by atoms with Crippen molar-refractivity contribution in [2.75, 3.05) is 31.5 Å². The lowest BCUT2D eigenvalue weighted by Gasteiger charge is -2.31. The van der Waals surface area contributed by atoms with E-state index >= 15 is 0 Å². The zero-order chi connectivity index (χ0) is 25.4. The number of aromatic nitrogens is 1. The second-order valence-corrected chi connectivity index (χ2v) is 10.6. The van der Waals surface area contributed by atoms with Crippen molar-refractivity contribution in [1.29, 1.82) is 0 Å². The molecule has 190 valence electrons. The quantitative estimate of drug-likeness (QED) is 0.386. The van der Waals surface area contributed by atoms with E-state index in [4.69, 9.17) is 0 Å². The molecule has 0 aliphatic carbocycles. The summed E-state index contributed by atoms with van der Waals surface area (Å²) >= 11 is 0. The van der Waals surface area contributed by atoms with Crippen molar-refractivity contribution in [3.8, 4) is 0 Å². The highest BCUT2D eigenvalue weighted by Crippen LogP contribution is 2.19. The number of rotatable bonds is 10. The fraction of sp³-hybridized carbons (Fsp3) is 0.346. The maximum absolute atomic E-state index is 13.2. The van der Waals surface area contributed by atoms with Crippen LogP contribution in [0.15, 0.2) is 71.9 Å². The molecule has 1 saturated heterocycles. The number of hydrogen-bond acceptors (Lipinski definition) is 6.